The molecule has 2 atom stereocenters. The number of hydrogen-bond acceptors (Lipinski definition) is 3. The smallest absolute Gasteiger partial charge is 0.265 e. The molecule has 0 aromatic heterocycles. The van der Waals surface area contributed by atoms with Crippen molar-refractivity contribution < 1.29 is 9.53 Å². The molecule has 0 aliphatic heterocycles. The van der Waals surface area contributed by atoms with E-state index in [1.54, 1.807) is 12.1 Å². The topological polar surface area (TPSA) is 64.3 Å². The van der Waals surface area contributed by atoms with E-state index in [4.69, 9.17) is 10.6 Å². The summed E-state index contributed by atoms with van der Waals surface area (Å²) in [4.78, 5) is 11.5. The zero-order valence-corrected chi connectivity index (χ0v) is 14.2. The second-order valence-electron chi connectivity index (χ2n) is 6.13. The van der Waals surface area contributed by atoms with Crippen LogP contribution < -0.4 is 11.3 Å². The Labute approximate surface area is 134 Å². The Morgan fingerprint density at radius 2 is 2.00 bits per heavy atom. The Morgan fingerprint density at radius 3 is 2.57 bits per heavy atom. The molecule has 0 spiro atoms. The predicted molar refractivity (Wildman–Crippen MR) is 86.6 cm³/mol. The Morgan fingerprint density at radius 1 is 1.33 bits per heavy atom. The lowest BCUT2D eigenvalue weighted by Gasteiger charge is -2.31. The van der Waals surface area contributed by atoms with Crippen molar-refractivity contribution in [3.8, 4) is 0 Å². The molecule has 0 radical (unpaired) electrons. The summed E-state index contributed by atoms with van der Waals surface area (Å²) in [6, 6.07) is 5.44. The molecule has 1 amide bonds. The quantitative estimate of drug-likeness (QED) is 0.494. The van der Waals surface area contributed by atoms with Crippen molar-refractivity contribution >= 4 is 21.8 Å². The van der Waals surface area contributed by atoms with E-state index in [1.807, 2.05) is 6.07 Å². The van der Waals surface area contributed by atoms with Gasteiger partial charge in [-0.05, 0) is 48.8 Å². The number of hydrazine groups is 1. The molecule has 1 aliphatic carbocycles. The molecule has 1 aromatic rings. The van der Waals surface area contributed by atoms with Gasteiger partial charge in [-0.3, -0.25) is 10.2 Å². The second kappa shape index (κ2) is 7.38. The van der Waals surface area contributed by atoms with Crippen molar-refractivity contribution in [2.24, 2.45) is 17.7 Å². The lowest BCUT2D eigenvalue weighted by Crippen LogP contribution is -2.30. The minimum atomic E-state index is -0.293. The third kappa shape index (κ3) is 4.53. The fourth-order valence-electron chi connectivity index (χ4n) is 3.11. The highest BCUT2D eigenvalue weighted by Crippen LogP contribution is 2.31. The number of nitrogens with one attached hydrogen (secondary N) is 1. The minimum Gasteiger partial charge on any atom is -0.373 e. The first-order valence-corrected chi connectivity index (χ1v) is 8.19. The van der Waals surface area contributed by atoms with Crippen molar-refractivity contribution in [2.75, 3.05) is 0 Å². The average Bonchev–Trinajstić information content (AvgIpc) is 2.44. The van der Waals surface area contributed by atoms with Gasteiger partial charge in [-0.1, -0.05) is 35.8 Å². The van der Waals surface area contributed by atoms with Gasteiger partial charge in [0.1, 0.15) is 0 Å². The molecular weight excluding hydrogens is 332 g/mol. The van der Waals surface area contributed by atoms with Gasteiger partial charge in [0.25, 0.3) is 5.91 Å². The van der Waals surface area contributed by atoms with E-state index < -0.39 is 0 Å². The molecule has 116 valence electrons. The van der Waals surface area contributed by atoms with Gasteiger partial charge < -0.3 is 4.74 Å². The van der Waals surface area contributed by atoms with E-state index in [2.05, 4.69) is 35.2 Å². The molecule has 21 heavy (non-hydrogen) atoms. The summed E-state index contributed by atoms with van der Waals surface area (Å²) in [5.41, 5.74) is 3.72. The molecule has 0 bridgehead atoms. The standard InChI is InChI=1S/C16H23BrN2O2/c1-10-5-11(2)7-14(6-10)21-9-13-4-3-12(8-15(13)17)16(20)19-18/h3-4,8,10-11,14H,5-7,9,18H2,1-2H3,(H,19,20). The van der Waals surface area contributed by atoms with Crippen LogP contribution in [-0.2, 0) is 11.3 Å². The van der Waals surface area contributed by atoms with Crippen LogP contribution in [0.2, 0.25) is 0 Å². The summed E-state index contributed by atoms with van der Waals surface area (Å²) in [7, 11) is 0. The summed E-state index contributed by atoms with van der Waals surface area (Å²) in [6.07, 6.45) is 3.90. The van der Waals surface area contributed by atoms with Crippen LogP contribution in [0.3, 0.4) is 0 Å². The van der Waals surface area contributed by atoms with Crippen molar-refractivity contribution in [3.63, 3.8) is 0 Å². The van der Waals surface area contributed by atoms with E-state index in [9.17, 15) is 4.79 Å². The number of nitrogen functional groups attached to an aromatic ring is 1. The Hall–Kier alpha value is -0.910. The molecular formula is C16H23BrN2O2. The van der Waals surface area contributed by atoms with Gasteiger partial charge in [-0.25, -0.2) is 5.84 Å². The predicted octanol–water partition coefficient (Wildman–Crippen LogP) is 3.39. The van der Waals surface area contributed by atoms with Crippen molar-refractivity contribution in [3.05, 3.63) is 33.8 Å². The van der Waals surface area contributed by atoms with Gasteiger partial charge in [0.2, 0.25) is 0 Å². The molecule has 1 aliphatic rings. The summed E-state index contributed by atoms with van der Waals surface area (Å²) in [6.45, 7) is 5.15. The Balaban J connectivity index is 1.95. The monoisotopic (exact) mass is 354 g/mol. The third-order valence-electron chi connectivity index (χ3n) is 4.06. The largest absolute Gasteiger partial charge is 0.373 e. The van der Waals surface area contributed by atoms with Crippen LogP contribution >= 0.6 is 15.9 Å². The first-order chi connectivity index (χ1) is 9.99. The summed E-state index contributed by atoms with van der Waals surface area (Å²) in [5.74, 6) is 6.31. The maximum atomic E-state index is 11.5. The second-order valence-corrected chi connectivity index (χ2v) is 6.98. The number of carbonyl (C=O) groups is 1. The maximum Gasteiger partial charge on any atom is 0.265 e. The van der Waals surface area contributed by atoms with Gasteiger partial charge >= 0.3 is 0 Å². The van der Waals surface area contributed by atoms with Crippen LogP contribution in [0.15, 0.2) is 22.7 Å². The molecule has 4 nitrogen and oxygen atoms in total. The van der Waals surface area contributed by atoms with Crippen LogP contribution in [0.1, 0.15) is 49.0 Å². The van der Waals surface area contributed by atoms with Gasteiger partial charge in [0, 0.05) is 10.0 Å². The Kier molecular flexibility index (Phi) is 5.79. The van der Waals surface area contributed by atoms with Crippen LogP contribution in [-0.4, -0.2) is 12.0 Å². The zero-order valence-electron chi connectivity index (χ0n) is 12.6. The zero-order chi connectivity index (χ0) is 15.4. The third-order valence-corrected chi connectivity index (χ3v) is 4.79. The maximum absolute atomic E-state index is 11.5. The first-order valence-electron chi connectivity index (χ1n) is 7.40. The number of halogens is 1. The molecule has 0 heterocycles. The SMILES string of the molecule is CC1CC(C)CC(OCc2ccc(C(=O)NN)cc2Br)C1. The highest BCUT2D eigenvalue weighted by molar-refractivity contribution is 9.10. The fourth-order valence-corrected chi connectivity index (χ4v) is 3.60. The van der Waals surface area contributed by atoms with E-state index >= 15 is 0 Å². The number of benzene rings is 1. The molecule has 3 N–H and O–H groups in total. The van der Waals surface area contributed by atoms with Gasteiger partial charge in [-0.15, -0.1) is 0 Å². The van der Waals surface area contributed by atoms with E-state index in [0.717, 1.165) is 34.7 Å². The summed E-state index contributed by atoms with van der Waals surface area (Å²) in [5, 5.41) is 0. The lowest BCUT2D eigenvalue weighted by atomic mass is 9.82. The minimum absolute atomic E-state index is 0.293. The molecule has 1 saturated carbocycles. The summed E-state index contributed by atoms with van der Waals surface area (Å²) < 4.78 is 6.94. The molecule has 2 rings (SSSR count). The number of carbonyl (C=O) groups excluding carboxylic acids is 1. The van der Waals surface area contributed by atoms with E-state index in [1.165, 1.54) is 6.42 Å². The summed E-state index contributed by atoms with van der Waals surface area (Å²) >= 11 is 3.49. The lowest BCUT2D eigenvalue weighted by molar-refractivity contribution is -0.00937. The number of nitrogens with two attached hydrogens (primary N) is 1. The van der Waals surface area contributed by atoms with Crippen LogP contribution in [0.5, 0.6) is 0 Å². The molecule has 1 aromatic carbocycles. The normalized spacial score (nSPS) is 25.6. The van der Waals surface area contributed by atoms with Crippen LogP contribution in [0.4, 0.5) is 0 Å². The molecule has 5 heteroatoms. The molecule has 1 fully saturated rings. The highest BCUT2D eigenvalue weighted by Gasteiger charge is 2.24. The van der Waals surface area contributed by atoms with Crippen molar-refractivity contribution in [2.45, 2.75) is 45.8 Å². The van der Waals surface area contributed by atoms with Crippen molar-refractivity contribution in [1.82, 2.24) is 5.43 Å². The Bertz CT molecular complexity index is 497. The number of ether oxygens (including phenoxy) is 1. The van der Waals surface area contributed by atoms with Crippen molar-refractivity contribution in [1.29, 1.82) is 0 Å². The van der Waals surface area contributed by atoms with Crippen LogP contribution in [0, 0.1) is 11.8 Å². The van der Waals surface area contributed by atoms with Gasteiger partial charge in [0.05, 0.1) is 12.7 Å². The fraction of sp³-hybridized carbons (Fsp3) is 0.562. The van der Waals surface area contributed by atoms with E-state index in [0.29, 0.717) is 18.3 Å². The van der Waals surface area contributed by atoms with Gasteiger partial charge in [-0.2, -0.15) is 0 Å². The average molecular weight is 355 g/mol. The molecule has 0 saturated heterocycles. The van der Waals surface area contributed by atoms with Crippen LogP contribution in [0.25, 0.3) is 0 Å². The molecule has 2 unspecified atom stereocenters. The first kappa shape index (κ1) is 16.5. The van der Waals surface area contributed by atoms with E-state index in [-0.39, 0.29) is 5.91 Å². The number of hydrogen-bond donors (Lipinski definition) is 2. The van der Waals surface area contributed by atoms with Gasteiger partial charge in [0.15, 0.2) is 0 Å². The highest BCUT2D eigenvalue weighted by atomic mass is 79.9. The number of rotatable bonds is 4. The number of amides is 1.